The van der Waals surface area contributed by atoms with Crippen molar-refractivity contribution in [3.63, 3.8) is 0 Å². The fourth-order valence-electron chi connectivity index (χ4n) is 3.08. The molecule has 0 aliphatic carbocycles. The number of methoxy groups -OCH3 is 1. The molecule has 0 fully saturated rings. The van der Waals surface area contributed by atoms with Crippen molar-refractivity contribution in [2.75, 3.05) is 18.2 Å². The molecule has 3 N–H and O–H groups in total. The molecule has 0 saturated heterocycles. The summed E-state index contributed by atoms with van der Waals surface area (Å²) < 4.78 is 5.26. The number of thiazole rings is 1. The van der Waals surface area contributed by atoms with Gasteiger partial charge in [0, 0.05) is 28.1 Å². The number of nitrogens with zero attached hydrogens (tertiary/aromatic N) is 1. The number of rotatable bonds is 6. The van der Waals surface area contributed by atoms with Crippen LogP contribution in [0.3, 0.4) is 0 Å². The molecule has 1 aromatic heterocycles. The molecule has 6 heteroatoms. The molecule has 0 bridgehead atoms. The Labute approximate surface area is 179 Å². The van der Waals surface area contributed by atoms with Crippen LogP contribution in [0.15, 0.2) is 78.9 Å². The van der Waals surface area contributed by atoms with E-state index < -0.39 is 0 Å². The average Bonchev–Trinajstić information content (AvgIpc) is 3.17. The number of carbonyl (C=O) groups excluding carboxylic acids is 1. The molecule has 0 aliphatic rings. The first-order chi connectivity index (χ1) is 14.6. The van der Waals surface area contributed by atoms with Crippen LogP contribution in [0.5, 0.6) is 5.75 Å². The van der Waals surface area contributed by atoms with Crippen molar-refractivity contribution in [2.24, 2.45) is 0 Å². The number of nitrogens with one attached hydrogen (secondary N) is 1. The van der Waals surface area contributed by atoms with Gasteiger partial charge in [-0.15, -0.1) is 11.3 Å². The van der Waals surface area contributed by atoms with Crippen molar-refractivity contribution in [1.82, 2.24) is 4.98 Å². The Morgan fingerprint density at radius 1 is 1.00 bits per heavy atom. The molecule has 4 rings (SSSR count). The molecule has 5 nitrogen and oxygen atoms in total. The van der Waals surface area contributed by atoms with Crippen LogP contribution in [0, 0.1) is 0 Å². The van der Waals surface area contributed by atoms with Gasteiger partial charge >= 0.3 is 0 Å². The highest BCUT2D eigenvalue weighted by atomic mass is 32.1. The lowest BCUT2D eigenvalue weighted by molar-refractivity contribution is 0.102. The maximum Gasteiger partial charge on any atom is 0.257 e. The minimum Gasteiger partial charge on any atom is -0.497 e. The highest BCUT2D eigenvalue weighted by Crippen LogP contribution is 2.34. The maximum absolute atomic E-state index is 12.6. The Hall–Kier alpha value is -3.64. The number of hydrogen-bond donors (Lipinski definition) is 2. The van der Waals surface area contributed by atoms with Gasteiger partial charge in [-0.05, 0) is 54.1 Å². The van der Waals surface area contributed by atoms with E-state index in [9.17, 15) is 4.79 Å². The topological polar surface area (TPSA) is 77.2 Å². The molecule has 0 aliphatic heterocycles. The number of hydrogen-bond acceptors (Lipinski definition) is 5. The van der Waals surface area contributed by atoms with E-state index in [-0.39, 0.29) is 5.91 Å². The summed E-state index contributed by atoms with van der Waals surface area (Å²) in [5.41, 5.74) is 9.89. The molecule has 0 saturated carbocycles. The van der Waals surface area contributed by atoms with Crippen LogP contribution in [-0.2, 0) is 6.42 Å². The molecule has 4 aromatic rings. The van der Waals surface area contributed by atoms with Crippen molar-refractivity contribution in [3.05, 3.63) is 94.9 Å². The van der Waals surface area contributed by atoms with Crippen LogP contribution < -0.4 is 15.8 Å². The Kier molecular flexibility index (Phi) is 5.77. The van der Waals surface area contributed by atoms with Crippen molar-refractivity contribution in [1.29, 1.82) is 0 Å². The van der Waals surface area contributed by atoms with E-state index in [4.69, 9.17) is 15.5 Å². The van der Waals surface area contributed by atoms with Crippen LogP contribution in [0.1, 0.15) is 20.8 Å². The van der Waals surface area contributed by atoms with Gasteiger partial charge in [-0.1, -0.05) is 30.3 Å². The second-order valence-electron chi connectivity index (χ2n) is 6.76. The standard InChI is InChI=1S/C24H21N3O2S/c1-29-20-13-9-17(10-14-20)22-21(15-16-5-3-2-4-6-16)30-24(26-22)27-23(28)18-7-11-19(25)12-8-18/h2-14H,15,25H2,1H3,(H,26,27,28). The maximum atomic E-state index is 12.6. The fourth-order valence-corrected chi connectivity index (χ4v) is 4.10. The number of ether oxygens (including phenoxy) is 1. The van der Waals surface area contributed by atoms with Gasteiger partial charge in [0.1, 0.15) is 5.75 Å². The van der Waals surface area contributed by atoms with E-state index in [0.29, 0.717) is 16.4 Å². The third kappa shape index (κ3) is 4.50. The number of nitrogens with two attached hydrogens (primary N) is 1. The van der Waals surface area contributed by atoms with Gasteiger partial charge in [0.2, 0.25) is 0 Å². The van der Waals surface area contributed by atoms with Gasteiger partial charge in [0.25, 0.3) is 5.91 Å². The zero-order valence-corrected chi connectivity index (χ0v) is 17.3. The summed E-state index contributed by atoms with van der Waals surface area (Å²) in [6, 6.07) is 24.8. The van der Waals surface area contributed by atoms with Crippen molar-refractivity contribution < 1.29 is 9.53 Å². The van der Waals surface area contributed by atoms with Crippen LogP contribution in [0.25, 0.3) is 11.3 Å². The molecule has 30 heavy (non-hydrogen) atoms. The van der Waals surface area contributed by atoms with Crippen molar-refractivity contribution >= 4 is 28.1 Å². The van der Waals surface area contributed by atoms with Crippen LogP contribution >= 0.6 is 11.3 Å². The first-order valence-corrected chi connectivity index (χ1v) is 10.3. The molecule has 0 radical (unpaired) electrons. The van der Waals surface area contributed by atoms with Gasteiger partial charge in [-0.2, -0.15) is 0 Å². The van der Waals surface area contributed by atoms with E-state index in [0.717, 1.165) is 28.3 Å². The first-order valence-electron chi connectivity index (χ1n) is 9.47. The third-order valence-electron chi connectivity index (χ3n) is 4.66. The summed E-state index contributed by atoms with van der Waals surface area (Å²) in [6.45, 7) is 0. The summed E-state index contributed by atoms with van der Waals surface area (Å²) >= 11 is 1.49. The fraction of sp³-hybridized carbons (Fsp3) is 0.0833. The summed E-state index contributed by atoms with van der Waals surface area (Å²) in [4.78, 5) is 18.4. The molecule has 150 valence electrons. The predicted octanol–water partition coefficient (Wildman–Crippen LogP) is 5.24. The minimum absolute atomic E-state index is 0.212. The Balaban J connectivity index is 1.65. The van der Waals surface area contributed by atoms with Gasteiger partial charge < -0.3 is 10.5 Å². The number of anilines is 2. The normalized spacial score (nSPS) is 10.6. The van der Waals surface area contributed by atoms with Gasteiger partial charge in [-0.25, -0.2) is 4.98 Å². The van der Waals surface area contributed by atoms with E-state index in [1.54, 1.807) is 31.4 Å². The lowest BCUT2D eigenvalue weighted by Crippen LogP contribution is -2.11. The molecule has 1 amide bonds. The van der Waals surface area contributed by atoms with Gasteiger partial charge in [-0.3, -0.25) is 10.1 Å². The van der Waals surface area contributed by atoms with Crippen molar-refractivity contribution in [2.45, 2.75) is 6.42 Å². The molecular formula is C24H21N3O2S. The molecule has 0 unspecified atom stereocenters. The number of carbonyl (C=O) groups is 1. The van der Waals surface area contributed by atoms with Crippen LogP contribution in [0.4, 0.5) is 10.8 Å². The highest BCUT2D eigenvalue weighted by Gasteiger charge is 2.16. The first kappa shape index (κ1) is 19.7. The largest absolute Gasteiger partial charge is 0.497 e. The SMILES string of the molecule is COc1ccc(-c2nc(NC(=O)c3ccc(N)cc3)sc2Cc2ccccc2)cc1. The monoisotopic (exact) mass is 415 g/mol. The quantitative estimate of drug-likeness (QED) is 0.422. The minimum atomic E-state index is -0.212. The summed E-state index contributed by atoms with van der Waals surface area (Å²) in [7, 11) is 1.64. The lowest BCUT2D eigenvalue weighted by Gasteiger charge is -2.04. The van der Waals surface area contributed by atoms with E-state index in [1.807, 2.05) is 42.5 Å². The second-order valence-corrected chi connectivity index (χ2v) is 7.84. The van der Waals surface area contributed by atoms with Crippen LogP contribution in [-0.4, -0.2) is 18.0 Å². The number of amides is 1. The van der Waals surface area contributed by atoms with Crippen molar-refractivity contribution in [3.8, 4) is 17.0 Å². The lowest BCUT2D eigenvalue weighted by atomic mass is 10.1. The highest BCUT2D eigenvalue weighted by molar-refractivity contribution is 7.16. The Morgan fingerprint density at radius 2 is 1.70 bits per heavy atom. The Bertz CT molecular complexity index is 1140. The third-order valence-corrected chi connectivity index (χ3v) is 5.63. The molecule has 1 heterocycles. The smallest absolute Gasteiger partial charge is 0.257 e. The number of benzene rings is 3. The van der Waals surface area contributed by atoms with E-state index in [1.165, 1.54) is 16.9 Å². The molecule has 0 spiro atoms. The van der Waals surface area contributed by atoms with Crippen LogP contribution in [0.2, 0.25) is 0 Å². The second kappa shape index (κ2) is 8.80. The van der Waals surface area contributed by atoms with Gasteiger partial charge in [0.05, 0.1) is 12.8 Å². The molecular weight excluding hydrogens is 394 g/mol. The molecule has 0 atom stereocenters. The number of aromatic nitrogens is 1. The summed E-state index contributed by atoms with van der Waals surface area (Å²) in [6.07, 6.45) is 0.734. The Morgan fingerprint density at radius 3 is 2.37 bits per heavy atom. The summed E-state index contributed by atoms with van der Waals surface area (Å²) in [5.74, 6) is 0.576. The number of nitrogen functional groups attached to an aromatic ring is 1. The zero-order chi connectivity index (χ0) is 20.9. The molecule has 3 aromatic carbocycles. The van der Waals surface area contributed by atoms with E-state index >= 15 is 0 Å². The van der Waals surface area contributed by atoms with E-state index in [2.05, 4.69) is 17.4 Å². The predicted molar refractivity (Wildman–Crippen MR) is 122 cm³/mol. The van der Waals surface area contributed by atoms with Gasteiger partial charge in [0.15, 0.2) is 5.13 Å². The summed E-state index contributed by atoms with van der Waals surface area (Å²) in [5, 5.41) is 3.48. The average molecular weight is 416 g/mol. The zero-order valence-electron chi connectivity index (χ0n) is 16.5.